The van der Waals surface area contributed by atoms with Crippen molar-refractivity contribution in [3.8, 4) is 5.75 Å². The van der Waals surface area contributed by atoms with Gasteiger partial charge >= 0.3 is 11.9 Å². The summed E-state index contributed by atoms with van der Waals surface area (Å²) in [6.07, 6.45) is -0.443. The van der Waals surface area contributed by atoms with Crippen molar-refractivity contribution in [3.05, 3.63) is 29.1 Å². The van der Waals surface area contributed by atoms with Gasteiger partial charge in [-0.05, 0) is 17.7 Å². The van der Waals surface area contributed by atoms with Gasteiger partial charge in [0.25, 0.3) is 0 Å². The van der Waals surface area contributed by atoms with E-state index < -0.39 is 35.5 Å². The Balaban J connectivity index is 3.21. The summed E-state index contributed by atoms with van der Waals surface area (Å²) >= 11 is 0. The number of benzene rings is 1. The first-order valence-electron chi connectivity index (χ1n) is 4.27. The highest BCUT2D eigenvalue weighted by Crippen LogP contribution is 2.24. The van der Waals surface area contributed by atoms with Gasteiger partial charge in [-0.15, -0.1) is 0 Å². The molecule has 0 aromatic heterocycles. The van der Waals surface area contributed by atoms with Crippen LogP contribution >= 0.6 is 0 Å². The summed E-state index contributed by atoms with van der Waals surface area (Å²) in [5.74, 6) is -4.00. The number of carboxylic acid groups (broad SMARTS) is 1. The Morgan fingerprint density at radius 3 is 2.56 bits per heavy atom. The van der Waals surface area contributed by atoms with Crippen LogP contribution in [0.1, 0.15) is 15.9 Å². The van der Waals surface area contributed by atoms with Crippen molar-refractivity contribution in [2.24, 2.45) is 0 Å². The molecule has 0 unspecified atom stereocenters. The predicted molar refractivity (Wildman–Crippen MR) is 50.7 cm³/mol. The molecule has 0 aliphatic heterocycles. The van der Waals surface area contributed by atoms with Crippen molar-refractivity contribution in [2.75, 3.05) is 7.11 Å². The van der Waals surface area contributed by atoms with Gasteiger partial charge in [-0.1, -0.05) is 0 Å². The molecule has 2 N–H and O–H groups in total. The van der Waals surface area contributed by atoms with Crippen molar-refractivity contribution in [1.82, 2.24) is 0 Å². The highest BCUT2D eigenvalue weighted by molar-refractivity contribution is 5.92. The summed E-state index contributed by atoms with van der Waals surface area (Å²) in [6, 6.07) is 1.94. The highest BCUT2D eigenvalue weighted by Gasteiger charge is 2.17. The van der Waals surface area contributed by atoms with E-state index >= 15 is 0 Å². The van der Waals surface area contributed by atoms with Crippen LogP contribution in [-0.2, 0) is 16.0 Å². The Morgan fingerprint density at radius 2 is 2.06 bits per heavy atom. The van der Waals surface area contributed by atoms with Crippen LogP contribution in [-0.4, -0.2) is 29.3 Å². The number of hydrogen-bond acceptors (Lipinski definition) is 4. The molecule has 0 aliphatic rings. The van der Waals surface area contributed by atoms with E-state index in [0.29, 0.717) is 0 Å². The summed E-state index contributed by atoms with van der Waals surface area (Å²) in [6.45, 7) is 0. The van der Waals surface area contributed by atoms with Crippen LogP contribution in [0.2, 0.25) is 0 Å². The van der Waals surface area contributed by atoms with Gasteiger partial charge in [0, 0.05) is 0 Å². The van der Waals surface area contributed by atoms with Gasteiger partial charge < -0.3 is 14.9 Å². The lowest BCUT2D eigenvalue weighted by molar-refractivity contribution is -0.136. The number of halogens is 1. The quantitative estimate of drug-likeness (QED) is 0.752. The Bertz CT molecular complexity index is 441. The van der Waals surface area contributed by atoms with Gasteiger partial charge in [-0.3, -0.25) is 4.79 Å². The van der Waals surface area contributed by atoms with E-state index in [-0.39, 0.29) is 5.56 Å². The Labute approximate surface area is 90.1 Å². The van der Waals surface area contributed by atoms with Crippen molar-refractivity contribution < 1.29 is 28.9 Å². The van der Waals surface area contributed by atoms with Gasteiger partial charge in [0.1, 0.15) is 5.56 Å². The lowest BCUT2D eigenvalue weighted by Gasteiger charge is -2.06. The number of aliphatic carboxylic acids is 1. The average Bonchev–Trinajstić information content (AvgIpc) is 2.21. The molecular weight excluding hydrogens is 219 g/mol. The van der Waals surface area contributed by atoms with E-state index in [4.69, 9.17) is 5.11 Å². The van der Waals surface area contributed by atoms with Gasteiger partial charge in [0.05, 0.1) is 13.5 Å². The fourth-order valence-electron chi connectivity index (χ4n) is 1.20. The maximum atomic E-state index is 13.1. The smallest absolute Gasteiger partial charge is 0.341 e. The van der Waals surface area contributed by atoms with Crippen LogP contribution in [0.4, 0.5) is 4.39 Å². The van der Waals surface area contributed by atoms with Crippen molar-refractivity contribution in [3.63, 3.8) is 0 Å². The Morgan fingerprint density at radius 1 is 1.44 bits per heavy atom. The van der Waals surface area contributed by atoms with Crippen molar-refractivity contribution in [1.29, 1.82) is 0 Å². The molecule has 0 radical (unpaired) electrons. The van der Waals surface area contributed by atoms with E-state index in [9.17, 15) is 19.1 Å². The molecule has 0 atom stereocenters. The third-order valence-corrected chi connectivity index (χ3v) is 1.88. The van der Waals surface area contributed by atoms with Crippen LogP contribution in [0.15, 0.2) is 12.1 Å². The number of rotatable bonds is 3. The molecule has 0 aliphatic carbocycles. The molecule has 0 amide bonds. The second kappa shape index (κ2) is 4.61. The van der Waals surface area contributed by atoms with Crippen molar-refractivity contribution >= 4 is 11.9 Å². The average molecular weight is 228 g/mol. The molecule has 1 rings (SSSR count). The van der Waals surface area contributed by atoms with Gasteiger partial charge in [-0.2, -0.15) is 0 Å². The molecule has 0 saturated heterocycles. The Hall–Kier alpha value is -2.11. The third-order valence-electron chi connectivity index (χ3n) is 1.88. The predicted octanol–water partition coefficient (Wildman–Crippen LogP) is 0.945. The molecule has 0 bridgehead atoms. The number of ether oxygens (including phenoxy) is 1. The number of carboxylic acids is 1. The van der Waals surface area contributed by atoms with Crippen LogP contribution in [0.3, 0.4) is 0 Å². The fourth-order valence-corrected chi connectivity index (χ4v) is 1.20. The number of esters is 1. The van der Waals surface area contributed by atoms with Crippen LogP contribution in [0.5, 0.6) is 5.75 Å². The van der Waals surface area contributed by atoms with E-state index in [1.807, 2.05) is 0 Å². The standard InChI is InChI=1S/C10H9FO5/c1-16-10(15)6-2-5(4-8(12)13)3-7(11)9(6)14/h2-3,14H,4H2,1H3,(H,12,13). The molecule has 16 heavy (non-hydrogen) atoms. The topological polar surface area (TPSA) is 83.8 Å². The van der Waals surface area contributed by atoms with Gasteiger partial charge in [-0.25, -0.2) is 9.18 Å². The number of carbonyl (C=O) groups excluding carboxylic acids is 1. The first-order valence-corrected chi connectivity index (χ1v) is 4.27. The molecule has 6 heteroatoms. The third kappa shape index (κ3) is 2.47. The van der Waals surface area contributed by atoms with Crippen LogP contribution in [0, 0.1) is 5.82 Å². The first kappa shape index (κ1) is 12.0. The molecule has 1 aromatic carbocycles. The van der Waals surface area contributed by atoms with E-state index in [1.54, 1.807) is 0 Å². The molecule has 5 nitrogen and oxygen atoms in total. The van der Waals surface area contributed by atoms with Gasteiger partial charge in [0.2, 0.25) is 0 Å². The molecule has 1 aromatic rings. The maximum absolute atomic E-state index is 13.1. The highest BCUT2D eigenvalue weighted by atomic mass is 19.1. The summed E-state index contributed by atoms with van der Waals surface area (Å²) < 4.78 is 17.5. The number of phenols is 1. The maximum Gasteiger partial charge on any atom is 0.341 e. The molecule has 0 fully saturated rings. The summed E-state index contributed by atoms with van der Waals surface area (Å²) in [5, 5.41) is 17.7. The second-order valence-electron chi connectivity index (χ2n) is 3.04. The minimum atomic E-state index is -1.17. The molecule has 0 heterocycles. The van der Waals surface area contributed by atoms with Crippen molar-refractivity contribution in [2.45, 2.75) is 6.42 Å². The molecule has 86 valence electrons. The summed E-state index contributed by atoms with van der Waals surface area (Å²) in [4.78, 5) is 21.5. The zero-order chi connectivity index (χ0) is 12.3. The van der Waals surface area contributed by atoms with E-state index in [2.05, 4.69) is 4.74 Å². The minimum absolute atomic E-state index is 0.0724. The normalized spacial score (nSPS) is 9.88. The number of carbonyl (C=O) groups is 2. The van der Waals surface area contributed by atoms with E-state index in [0.717, 1.165) is 19.2 Å². The molecular formula is C10H9FO5. The SMILES string of the molecule is COC(=O)c1cc(CC(=O)O)cc(F)c1O. The Kier molecular flexibility index (Phi) is 3.44. The molecule has 0 saturated carbocycles. The zero-order valence-corrected chi connectivity index (χ0v) is 8.36. The lowest BCUT2D eigenvalue weighted by Crippen LogP contribution is -2.06. The summed E-state index contributed by atoms with van der Waals surface area (Å²) in [7, 11) is 1.07. The number of phenolic OH excluding ortho intramolecular Hbond substituents is 1. The van der Waals surface area contributed by atoms with Crippen LogP contribution in [0.25, 0.3) is 0 Å². The number of aromatic hydroxyl groups is 1. The molecule has 0 spiro atoms. The minimum Gasteiger partial charge on any atom is -0.504 e. The van der Waals surface area contributed by atoms with Gasteiger partial charge in [0.15, 0.2) is 11.6 Å². The first-order chi connectivity index (χ1) is 7.45. The number of hydrogen-bond donors (Lipinski definition) is 2. The van der Waals surface area contributed by atoms with E-state index in [1.165, 1.54) is 0 Å². The number of methoxy groups -OCH3 is 1. The second-order valence-corrected chi connectivity index (χ2v) is 3.04. The fraction of sp³-hybridized carbons (Fsp3) is 0.200. The van der Waals surface area contributed by atoms with Crippen LogP contribution < -0.4 is 0 Å². The largest absolute Gasteiger partial charge is 0.504 e. The lowest BCUT2D eigenvalue weighted by atomic mass is 10.1. The monoisotopic (exact) mass is 228 g/mol. The zero-order valence-electron chi connectivity index (χ0n) is 8.36. The summed E-state index contributed by atoms with van der Waals surface area (Å²) in [5.41, 5.74) is -0.318.